The Hall–Kier alpha value is -0.250. The lowest BCUT2D eigenvalue weighted by Crippen LogP contribution is -2.33. The highest BCUT2D eigenvalue weighted by atomic mass is 19.4. The molecule has 1 saturated carbocycles. The molecular weight excluding hydrogens is 229 g/mol. The summed E-state index contributed by atoms with van der Waals surface area (Å²) in [7, 11) is 0. The van der Waals surface area contributed by atoms with Gasteiger partial charge in [-0.1, -0.05) is 6.92 Å². The Bertz CT molecular complexity index is 227. The Balaban J connectivity index is 2.44. The molecule has 0 aromatic rings. The van der Waals surface area contributed by atoms with E-state index in [0.29, 0.717) is 31.3 Å². The van der Waals surface area contributed by atoms with E-state index in [4.69, 9.17) is 4.74 Å². The van der Waals surface area contributed by atoms with Gasteiger partial charge in [-0.15, -0.1) is 0 Å². The fourth-order valence-electron chi connectivity index (χ4n) is 3.13. The van der Waals surface area contributed by atoms with Crippen LogP contribution in [0.4, 0.5) is 13.2 Å². The topological polar surface area (TPSA) is 9.23 Å². The second-order valence-corrected chi connectivity index (χ2v) is 5.30. The van der Waals surface area contributed by atoms with Crippen molar-refractivity contribution in [3.05, 3.63) is 0 Å². The highest BCUT2D eigenvalue weighted by Crippen LogP contribution is 2.40. The van der Waals surface area contributed by atoms with E-state index in [0.717, 1.165) is 6.42 Å². The van der Waals surface area contributed by atoms with Gasteiger partial charge in [0.05, 0.1) is 6.10 Å². The summed E-state index contributed by atoms with van der Waals surface area (Å²) in [5, 5.41) is 0. The van der Waals surface area contributed by atoms with Crippen LogP contribution >= 0.6 is 0 Å². The summed E-state index contributed by atoms with van der Waals surface area (Å²) in [6, 6.07) is 0. The van der Waals surface area contributed by atoms with Crippen molar-refractivity contribution >= 4 is 0 Å². The van der Waals surface area contributed by atoms with Crippen LogP contribution in [0, 0.1) is 17.8 Å². The zero-order valence-electron chi connectivity index (χ0n) is 10.9. The molecule has 0 spiro atoms. The van der Waals surface area contributed by atoms with Crippen molar-refractivity contribution in [2.75, 3.05) is 6.61 Å². The Labute approximate surface area is 102 Å². The Kier molecular flexibility index (Phi) is 5.29. The molecule has 17 heavy (non-hydrogen) atoms. The van der Waals surface area contributed by atoms with Crippen LogP contribution in [0.1, 0.15) is 46.5 Å². The maximum absolute atomic E-state index is 12.3. The van der Waals surface area contributed by atoms with Crippen molar-refractivity contribution in [2.24, 2.45) is 17.8 Å². The van der Waals surface area contributed by atoms with E-state index < -0.39 is 12.6 Å². The summed E-state index contributed by atoms with van der Waals surface area (Å²) in [6.45, 7) is 6.73. The minimum absolute atomic E-state index is 0.168. The van der Waals surface area contributed by atoms with Gasteiger partial charge in [-0.05, 0) is 50.9 Å². The van der Waals surface area contributed by atoms with Gasteiger partial charge in [0, 0.05) is 13.0 Å². The fraction of sp³-hybridized carbons (Fsp3) is 1.00. The lowest BCUT2D eigenvalue weighted by atomic mass is 9.72. The molecule has 3 unspecified atom stereocenters. The van der Waals surface area contributed by atoms with Gasteiger partial charge in [0.25, 0.3) is 0 Å². The summed E-state index contributed by atoms with van der Waals surface area (Å²) >= 11 is 0. The van der Waals surface area contributed by atoms with Crippen molar-refractivity contribution < 1.29 is 17.9 Å². The molecule has 1 rings (SSSR count). The van der Waals surface area contributed by atoms with Crippen molar-refractivity contribution in [1.82, 2.24) is 0 Å². The maximum atomic E-state index is 12.3. The molecule has 1 aliphatic rings. The molecule has 0 heterocycles. The average molecular weight is 252 g/mol. The number of rotatable bonds is 4. The highest BCUT2D eigenvalue weighted by Gasteiger charge is 2.37. The SMILES string of the molecule is CCOC(C)C1CCC(CC(F)(F)F)C[C@H]1C. The molecule has 0 amide bonds. The molecule has 0 N–H and O–H groups in total. The van der Waals surface area contributed by atoms with Crippen LogP contribution in [0.15, 0.2) is 0 Å². The first kappa shape index (κ1) is 14.8. The van der Waals surface area contributed by atoms with Gasteiger partial charge in [-0.3, -0.25) is 0 Å². The quantitative estimate of drug-likeness (QED) is 0.719. The standard InChI is InChI=1S/C13H23F3O/c1-4-17-10(3)12-6-5-11(7-9(12)2)8-13(14,15)16/h9-12H,4-8H2,1-3H3/t9-,10?,11?,12?/m1/s1. The van der Waals surface area contributed by atoms with Crippen LogP contribution in [-0.4, -0.2) is 18.9 Å². The monoisotopic (exact) mass is 252 g/mol. The fourth-order valence-corrected chi connectivity index (χ4v) is 3.13. The first-order valence-corrected chi connectivity index (χ1v) is 6.51. The van der Waals surface area contributed by atoms with Crippen LogP contribution < -0.4 is 0 Å². The molecule has 4 heteroatoms. The Morgan fingerprint density at radius 1 is 1.29 bits per heavy atom. The molecule has 0 aliphatic heterocycles. The third-order valence-corrected chi connectivity index (χ3v) is 3.90. The summed E-state index contributed by atoms with van der Waals surface area (Å²) in [6.07, 6.45) is -2.23. The van der Waals surface area contributed by atoms with E-state index >= 15 is 0 Å². The van der Waals surface area contributed by atoms with E-state index in [9.17, 15) is 13.2 Å². The number of halogens is 3. The van der Waals surface area contributed by atoms with E-state index in [1.54, 1.807) is 0 Å². The van der Waals surface area contributed by atoms with Crippen molar-refractivity contribution in [3.63, 3.8) is 0 Å². The lowest BCUT2D eigenvalue weighted by Gasteiger charge is -2.37. The molecule has 0 radical (unpaired) electrons. The number of hydrogen-bond donors (Lipinski definition) is 0. The minimum Gasteiger partial charge on any atom is -0.378 e. The van der Waals surface area contributed by atoms with E-state index in [1.165, 1.54) is 0 Å². The molecule has 102 valence electrons. The third kappa shape index (κ3) is 4.86. The second kappa shape index (κ2) is 6.07. The van der Waals surface area contributed by atoms with Gasteiger partial charge < -0.3 is 4.74 Å². The number of hydrogen-bond acceptors (Lipinski definition) is 1. The van der Waals surface area contributed by atoms with Crippen LogP contribution in [0.3, 0.4) is 0 Å². The molecule has 4 atom stereocenters. The summed E-state index contributed by atoms with van der Waals surface area (Å²) in [5.41, 5.74) is 0. The largest absolute Gasteiger partial charge is 0.389 e. The molecule has 0 saturated heterocycles. The zero-order valence-corrected chi connectivity index (χ0v) is 10.9. The number of ether oxygens (including phenoxy) is 1. The Morgan fingerprint density at radius 2 is 1.94 bits per heavy atom. The molecular formula is C13H23F3O. The van der Waals surface area contributed by atoms with Gasteiger partial charge in [-0.25, -0.2) is 0 Å². The van der Waals surface area contributed by atoms with E-state index in [-0.39, 0.29) is 12.0 Å². The normalized spacial score (nSPS) is 32.5. The van der Waals surface area contributed by atoms with E-state index in [2.05, 4.69) is 6.92 Å². The molecule has 0 aromatic carbocycles. The van der Waals surface area contributed by atoms with Crippen LogP contribution in [0.5, 0.6) is 0 Å². The van der Waals surface area contributed by atoms with Gasteiger partial charge in [-0.2, -0.15) is 13.2 Å². The summed E-state index contributed by atoms with van der Waals surface area (Å²) in [4.78, 5) is 0. The van der Waals surface area contributed by atoms with Crippen molar-refractivity contribution in [2.45, 2.75) is 58.7 Å². The molecule has 1 nitrogen and oxygen atoms in total. The van der Waals surface area contributed by atoms with Gasteiger partial charge >= 0.3 is 6.18 Å². The maximum Gasteiger partial charge on any atom is 0.389 e. The minimum atomic E-state index is -4.01. The van der Waals surface area contributed by atoms with Gasteiger partial charge in [0.1, 0.15) is 0 Å². The van der Waals surface area contributed by atoms with Crippen molar-refractivity contribution in [1.29, 1.82) is 0 Å². The van der Waals surface area contributed by atoms with E-state index in [1.807, 2.05) is 13.8 Å². The highest BCUT2D eigenvalue weighted by molar-refractivity contribution is 4.82. The average Bonchev–Trinajstić information content (AvgIpc) is 2.15. The van der Waals surface area contributed by atoms with Crippen LogP contribution in [0.2, 0.25) is 0 Å². The molecule has 1 aliphatic carbocycles. The molecule has 0 aromatic heterocycles. The lowest BCUT2D eigenvalue weighted by molar-refractivity contribution is -0.149. The molecule has 1 fully saturated rings. The first-order chi connectivity index (χ1) is 7.83. The predicted octanol–water partition coefficient (Wildman–Crippen LogP) is 4.42. The predicted molar refractivity (Wildman–Crippen MR) is 61.8 cm³/mol. The smallest absolute Gasteiger partial charge is 0.378 e. The summed E-state index contributed by atoms with van der Waals surface area (Å²) < 4.78 is 42.5. The molecule has 0 bridgehead atoms. The second-order valence-electron chi connectivity index (χ2n) is 5.30. The third-order valence-electron chi connectivity index (χ3n) is 3.90. The number of alkyl halides is 3. The zero-order chi connectivity index (χ0) is 13.1. The Morgan fingerprint density at radius 3 is 2.41 bits per heavy atom. The van der Waals surface area contributed by atoms with Gasteiger partial charge in [0.15, 0.2) is 0 Å². The van der Waals surface area contributed by atoms with Gasteiger partial charge in [0.2, 0.25) is 0 Å². The first-order valence-electron chi connectivity index (χ1n) is 6.51. The summed E-state index contributed by atoms with van der Waals surface area (Å²) in [5.74, 6) is 0.562. The van der Waals surface area contributed by atoms with Crippen LogP contribution in [0.25, 0.3) is 0 Å². The van der Waals surface area contributed by atoms with Crippen LogP contribution in [-0.2, 0) is 4.74 Å². The van der Waals surface area contributed by atoms with Crippen molar-refractivity contribution in [3.8, 4) is 0 Å².